The Balaban J connectivity index is 2.18. The Labute approximate surface area is 151 Å². The molecule has 0 unspecified atom stereocenters. The summed E-state index contributed by atoms with van der Waals surface area (Å²) >= 11 is 0. The smallest absolute Gasteiger partial charge is 0.338 e. The number of hydrogen-bond acceptors (Lipinski definition) is 6. The molecule has 2 aromatic rings. The molecule has 26 heavy (non-hydrogen) atoms. The number of nitrogens with one attached hydrogen (secondary N) is 2. The first kappa shape index (κ1) is 18.7. The average Bonchev–Trinajstić information content (AvgIpc) is 2.62. The van der Waals surface area contributed by atoms with Gasteiger partial charge >= 0.3 is 5.97 Å². The maximum absolute atomic E-state index is 11.9. The van der Waals surface area contributed by atoms with Gasteiger partial charge in [0, 0.05) is 0 Å². The van der Waals surface area contributed by atoms with E-state index in [1.807, 2.05) is 30.3 Å². The van der Waals surface area contributed by atoms with Crippen molar-refractivity contribution in [2.24, 2.45) is 10.8 Å². The molecular weight excluding hydrogens is 330 g/mol. The van der Waals surface area contributed by atoms with Crippen LogP contribution in [0.1, 0.15) is 24.2 Å². The van der Waals surface area contributed by atoms with Crippen LogP contribution in [0.4, 0.5) is 5.69 Å². The van der Waals surface area contributed by atoms with E-state index in [1.165, 1.54) is 0 Å². The first-order chi connectivity index (χ1) is 12.4. The second-order valence-corrected chi connectivity index (χ2v) is 5.71. The van der Waals surface area contributed by atoms with Crippen molar-refractivity contribution >= 4 is 23.2 Å². The van der Waals surface area contributed by atoms with Gasteiger partial charge in [-0.05, 0) is 49.2 Å². The van der Waals surface area contributed by atoms with Crippen molar-refractivity contribution < 1.29 is 9.53 Å². The maximum Gasteiger partial charge on any atom is 0.338 e. The summed E-state index contributed by atoms with van der Waals surface area (Å²) in [6.45, 7) is 3.61. The molecule has 0 fully saturated rings. The van der Waals surface area contributed by atoms with Gasteiger partial charge < -0.3 is 10.5 Å². The lowest BCUT2D eigenvalue weighted by atomic mass is 10.0. The average molecular weight is 349 g/mol. The molecular formula is C19H19N5O2. The van der Waals surface area contributed by atoms with Crippen LogP contribution in [0.25, 0.3) is 11.1 Å². The summed E-state index contributed by atoms with van der Waals surface area (Å²) in [6.07, 6.45) is -0.168. The predicted octanol–water partition coefficient (Wildman–Crippen LogP) is 3.15. The van der Waals surface area contributed by atoms with Gasteiger partial charge in [-0.2, -0.15) is 10.4 Å². The normalized spacial score (nSPS) is 10.9. The van der Waals surface area contributed by atoms with Crippen molar-refractivity contribution in [3.8, 4) is 17.2 Å². The van der Waals surface area contributed by atoms with Gasteiger partial charge in [0.1, 0.15) is 6.07 Å². The number of esters is 1. The van der Waals surface area contributed by atoms with Crippen LogP contribution in [-0.2, 0) is 4.74 Å². The van der Waals surface area contributed by atoms with Crippen LogP contribution in [0, 0.1) is 16.7 Å². The number of nitrogens with zero attached hydrogens (tertiary/aromatic N) is 2. The van der Waals surface area contributed by atoms with E-state index < -0.39 is 5.84 Å². The molecule has 0 spiro atoms. The zero-order valence-electron chi connectivity index (χ0n) is 14.5. The number of nitriles is 1. The molecule has 0 atom stereocenters. The Morgan fingerprint density at radius 3 is 2.50 bits per heavy atom. The summed E-state index contributed by atoms with van der Waals surface area (Å²) in [7, 11) is 0. The fourth-order valence-corrected chi connectivity index (χ4v) is 2.12. The van der Waals surface area contributed by atoms with Crippen molar-refractivity contribution in [2.75, 3.05) is 5.43 Å². The third-order valence-corrected chi connectivity index (χ3v) is 3.32. The van der Waals surface area contributed by atoms with E-state index in [2.05, 4.69) is 10.5 Å². The first-order valence-corrected chi connectivity index (χ1v) is 7.90. The van der Waals surface area contributed by atoms with Gasteiger partial charge in [-0.1, -0.05) is 24.3 Å². The van der Waals surface area contributed by atoms with E-state index in [-0.39, 0.29) is 17.8 Å². The molecule has 2 rings (SSSR count). The van der Waals surface area contributed by atoms with Gasteiger partial charge in [0.25, 0.3) is 0 Å². The van der Waals surface area contributed by atoms with Crippen molar-refractivity contribution in [3.05, 3.63) is 54.1 Å². The summed E-state index contributed by atoms with van der Waals surface area (Å²) in [5.74, 6) is -0.760. The Bertz CT molecular complexity index is 880. The monoisotopic (exact) mass is 349 g/mol. The van der Waals surface area contributed by atoms with E-state index in [0.29, 0.717) is 11.3 Å². The molecule has 0 aliphatic rings. The number of carbonyl (C=O) groups excluding carboxylic acids is 1. The van der Waals surface area contributed by atoms with Gasteiger partial charge in [-0.25, -0.2) is 4.79 Å². The van der Waals surface area contributed by atoms with Crippen LogP contribution in [0.15, 0.2) is 53.6 Å². The molecule has 0 aliphatic heterocycles. The van der Waals surface area contributed by atoms with Gasteiger partial charge in [0.2, 0.25) is 5.71 Å². The van der Waals surface area contributed by atoms with Crippen molar-refractivity contribution in [1.29, 1.82) is 10.7 Å². The van der Waals surface area contributed by atoms with Crippen LogP contribution in [0.2, 0.25) is 0 Å². The van der Waals surface area contributed by atoms with Gasteiger partial charge in [-0.15, -0.1) is 0 Å². The Morgan fingerprint density at radius 2 is 1.92 bits per heavy atom. The highest BCUT2D eigenvalue weighted by atomic mass is 16.5. The predicted molar refractivity (Wildman–Crippen MR) is 101 cm³/mol. The van der Waals surface area contributed by atoms with Crippen LogP contribution in [-0.4, -0.2) is 23.6 Å². The highest BCUT2D eigenvalue weighted by Crippen LogP contribution is 2.23. The highest BCUT2D eigenvalue weighted by Gasteiger charge is 2.09. The van der Waals surface area contributed by atoms with Gasteiger partial charge in [-0.3, -0.25) is 10.8 Å². The largest absolute Gasteiger partial charge is 0.459 e. The standard InChI is InChI=1S/C19H19N5O2/c1-12(2)26-19(25)14-8-6-13(7-9-14)15-4-3-5-16(10-15)23-24-17(11-20)18(21)22/h3-10,12,23H,1-2H3,(H3,21,22)/b24-17+. The van der Waals surface area contributed by atoms with Crippen LogP contribution in [0.3, 0.4) is 0 Å². The Kier molecular flexibility index (Phi) is 6.06. The number of amidine groups is 1. The second kappa shape index (κ2) is 8.44. The number of hydrogen-bond donors (Lipinski definition) is 3. The first-order valence-electron chi connectivity index (χ1n) is 7.90. The quantitative estimate of drug-likeness (QED) is 0.320. The molecule has 0 saturated carbocycles. The summed E-state index contributed by atoms with van der Waals surface area (Å²) in [5, 5.41) is 19.9. The minimum Gasteiger partial charge on any atom is -0.459 e. The Hall–Kier alpha value is -3.66. The molecule has 7 nitrogen and oxygen atoms in total. The minimum atomic E-state index is -0.403. The molecule has 0 aromatic heterocycles. The summed E-state index contributed by atoms with van der Waals surface area (Å²) < 4.78 is 5.17. The van der Waals surface area contributed by atoms with Crippen molar-refractivity contribution in [1.82, 2.24) is 0 Å². The number of carbonyl (C=O) groups is 1. The molecule has 2 aromatic carbocycles. The number of rotatable bonds is 6. The molecule has 0 bridgehead atoms. The Morgan fingerprint density at radius 1 is 1.23 bits per heavy atom. The fraction of sp³-hybridized carbons (Fsp3) is 0.158. The zero-order chi connectivity index (χ0) is 19.1. The molecule has 0 heterocycles. The number of nitrogens with two attached hydrogens (primary N) is 1. The van der Waals surface area contributed by atoms with Gasteiger partial charge in [0.15, 0.2) is 5.84 Å². The lowest BCUT2D eigenvalue weighted by molar-refractivity contribution is 0.0378. The molecule has 132 valence electrons. The third-order valence-electron chi connectivity index (χ3n) is 3.32. The van der Waals surface area contributed by atoms with Crippen LogP contribution < -0.4 is 11.2 Å². The SMILES string of the molecule is CC(C)OC(=O)c1ccc(-c2cccc(N/N=C(\C#N)C(=N)N)c2)cc1. The van der Waals surface area contributed by atoms with E-state index in [4.69, 9.17) is 21.1 Å². The lowest BCUT2D eigenvalue weighted by Gasteiger charge is -2.09. The summed E-state index contributed by atoms with van der Waals surface area (Å²) in [6, 6.07) is 16.2. The fourth-order valence-electron chi connectivity index (χ4n) is 2.12. The summed E-state index contributed by atoms with van der Waals surface area (Å²) in [4.78, 5) is 11.9. The zero-order valence-corrected chi connectivity index (χ0v) is 14.5. The minimum absolute atomic E-state index is 0.168. The van der Waals surface area contributed by atoms with E-state index >= 15 is 0 Å². The number of ether oxygens (including phenoxy) is 1. The maximum atomic E-state index is 11.9. The second-order valence-electron chi connectivity index (χ2n) is 5.71. The van der Waals surface area contributed by atoms with Crippen LogP contribution >= 0.6 is 0 Å². The molecule has 0 radical (unpaired) electrons. The van der Waals surface area contributed by atoms with Crippen molar-refractivity contribution in [2.45, 2.75) is 20.0 Å². The summed E-state index contributed by atoms with van der Waals surface area (Å²) in [5.41, 5.74) is 10.7. The third kappa shape index (κ3) is 4.92. The molecule has 4 N–H and O–H groups in total. The van der Waals surface area contributed by atoms with Crippen molar-refractivity contribution in [3.63, 3.8) is 0 Å². The molecule has 7 heteroatoms. The van der Waals surface area contributed by atoms with Crippen LogP contribution in [0.5, 0.6) is 0 Å². The number of anilines is 1. The molecule has 0 saturated heterocycles. The van der Waals surface area contributed by atoms with Gasteiger partial charge in [0.05, 0.1) is 17.4 Å². The molecule has 0 aliphatic carbocycles. The number of benzene rings is 2. The van der Waals surface area contributed by atoms with E-state index in [1.54, 1.807) is 38.1 Å². The lowest BCUT2D eigenvalue weighted by Crippen LogP contribution is -2.21. The van der Waals surface area contributed by atoms with E-state index in [0.717, 1.165) is 11.1 Å². The number of hydrazone groups is 1. The highest BCUT2D eigenvalue weighted by molar-refractivity contribution is 6.45. The van der Waals surface area contributed by atoms with E-state index in [9.17, 15) is 4.79 Å². The topological polar surface area (TPSA) is 124 Å². The molecule has 0 amide bonds.